The first-order valence-electron chi connectivity index (χ1n) is 9.16. The van der Waals surface area contributed by atoms with E-state index >= 15 is 0 Å². The summed E-state index contributed by atoms with van der Waals surface area (Å²) in [6, 6.07) is 0. The molecule has 5 heteroatoms. The summed E-state index contributed by atoms with van der Waals surface area (Å²) in [5, 5.41) is 3.40. The van der Waals surface area contributed by atoms with Gasteiger partial charge in [0.05, 0.1) is 12.3 Å². The molecule has 0 bridgehead atoms. The first-order valence-corrected chi connectivity index (χ1v) is 9.16. The van der Waals surface area contributed by atoms with Crippen molar-refractivity contribution < 1.29 is 4.74 Å². The molecule has 0 saturated heterocycles. The van der Waals surface area contributed by atoms with Gasteiger partial charge in [0.2, 0.25) is 0 Å². The Labute approximate surface area is 137 Å². The van der Waals surface area contributed by atoms with E-state index in [1.807, 2.05) is 0 Å². The van der Waals surface area contributed by atoms with Crippen LogP contribution in [0, 0.1) is 0 Å². The number of methoxy groups -OCH3 is 1. The van der Waals surface area contributed by atoms with Crippen molar-refractivity contribution in [2.75, 3.05) is 26.7 Å². The molecule has 22 heavy (non-hydrogen) atoms. The summed E-state index contributed by atoms with van der Waals surface area (Å²) >= 11 is 0. The Morgan fingerprint density at radius 3 is 1.91 bits per heavy atom. The van der Waals surface area contributed by atoms with Crippen LogP contribution in [-0.4, -0.2) is 39.0 Å². The molecule has 0 heterocycles. The van der Waals surface area contributed by atoms with Crippen molar-refractivity contribution in [1.82, 2.24) is 5.32 Å². The van der Waals surface area contributed by atoms with E-state index in [0.717, 1.165) is 38.9 Å². The highest BCUT2D eigenvalue weighted by Crippen LogP contribution is 2.09. The fourth-order valence-electron chi connectivity index (χ4n) is 2.66. The van der Waals surface area contributed by atoms with Gasteiger partial charge in [-0.05, 0) is 45.3 Å². The van der Waals surface area contributed by atoms with Crippen LogP contribution in [0.5, 0.6) is 0 Å². The van der Waals surface area contributed by atoms with Crippen LogP contribution < -0.4 is 22.5 Å². The normalized spacial score (nSPS) is 14.2. The van der Waals surface area contributed by atoms with Crippen molar-refractivity contribution in [3.05, 3.63) is 0 Å². The maximum atomic E-state index is 6.10. The van der Waals surface area contributed by atoms with Crippen LogP contribution in [0.1, 0.15) is 70.6 Å². The predicted octanol–water partition coefficient (Wildman–Crippen LogP) is 2.08. The summed E-state index contributed by atoms with van der Waals surface area (Å²) in [4.78, 5) is 0. The van der Waals surface area contributed by atoms with Crippen molar-refractivity contribution in [1.29, 1.82) is 0 Å². The zero-order valence-electron chi connectivity index (χ0n) is 14.7. The number of nitrogens with two attached hydrogens (primary N) is 3. The van der Waals surface area contributed by atoms with E-state index in [9.17, 15) is 0 Å². The molecule has 0 amide bonds. The van der Waals surface area contributed by atoms with Crippen LogP contribution in [0.2, 0.25) is 0 Å². The molecule has 7 N–H and O–H groups in total. The van der Waals surface area contributed by atoms with Gasteiger partial charge in [-0.15, -0.1) is 0 Å². The zero-order chi connectivity index (χ0) is 16.5. The van der Waals surface area contributed by atoms with Gasteiger partial charge in [0.25, 0.3) is 0 Å². The minimum atomic E-state index is 0.0268. The highest BCUT2D eigenvalue weighted by atomic mass is 16.5. The average molecular weight is 317 g/mol. The molecule has 2 unspecified atom stereocenters. The first-order chi connectivity index (χ1) is 10.7. The van der Waals surface area contributed by atoms with E-state index in [2.05, 4.69) is 5.32 Å². The molecule has 0 spiro atoms. The molecule has 0 radical (unpaired) electrons. The van der Waals surface area contributed by atoms with Crippen LogP contribution in [0.4, 0.5) is 0 Å². The molecule has 0 aromatic rings. The summed E-state index contributed by atoms with van der Waals surface area (Å²) in [7, 11) is 1.75. The minimum Gasteiger partial charge on any atom is -0.381 e. The molecule has 0 saturated carbocycles. The molecule has 0 rings (SSSR count). The Bertz CT molecular complexity index is 217. The highest BCUT2D eigenvalue weighted by Gasteiger charge is 2.11. The largest absolute Gasteiger partial charge is 0.381 e. The summed E-state index contributed by atoms with van der Waals surface area (Å²) in [5.41, 5.74) is 17.1. The fourth-order valence-corrected chi connectivity index (χ4v) is 2.66. The minimum absolute atomic E-state index is 0.0268. The Hall–Kier alpha value is -0.200. The molecule has 0 aliphatic heterocycles. The smallest absolute Gasteiger partial charge is 0.0599 e. The van der Waals surface area contributed by atoms with Gasteiger partial charge in [-0.3, -0.25) is 0 Å². The van der Waals surface area contributed by atoms with Crippen molar-refractivity contribution >= 4 is 0 Å². The zero-order valence-corrected chi connectivity index (χ0v) is 14.7. The summed E-state index contributed by atoms with van der Waals surface area (Å²) in [6.45, 7) is 2.55. The maximum Gasteiger partial charge on any atom is 0.0599 e. The summed E-state index contributed by atoms with van der Waals surface area (Å²) < 4.78 is 5.44. The molecule has 5 nitrogen and oxygen atoms in total. The average Bonchev–Trinajstić information content (AvgIpc) is 2.53. The molecule has 0 aliphatic rings. The van der Waals surface area contributed by atoms with E-state index in [0.29, 0.717) is 0 Å². The van der Waals surface area contributed by atoms with Gasteiger partial charge in [-0.1, -0.05) is 38.5 Å². The predicted molar refractivity (Wildman–Crippen MR) is 95.7 cm³/mol. The van der Waals surface area contributed by atoms with Crippen molar-refractivity contribution in [3.63, 3.8) is 0 Å². The lowest BCUT2D eigenvalue weighted by molar-refractivity contribution is 0.0777. The molecule has 0 aromatic heterocycles. The second kappa shape index (κ2) is 17.2. The first kappa shape index (κ1) is 21.8. The van der Waals surface area contributed by atoms with E-state index in [4.69, 9.17) is 21.9 Å². The number of ether oxygens (including phenoxy) is 1. The van der Waals surface area contributed by atoms with Crippen molar-refractivity contribution in [3.8, 4) is 0 Å². The van der Waals surface area contributed by atoms with Gasteiger partial charge >= 0.3 is 0 Å². The monoisotopic (exact) mass is 316 g/mol. The van der Waals surface area contributed by atoms with E-state index in [-0.39, 0.29) is 12.3 Å². The third kappa shape index (κ3) is 14.7. The summed E-state index contributed by atoms with van der Waals surface area (Å²) in [5.74, 6) is 0. The third-order valence-corrected chi connectivity index (χ3v) is 4.12. The number of unbranched alkanes of at least 4 members (excludes halogenated alkanes) is 7. The van der Waals surface area contributed by atoms with Gasteiger partial charge in [-0.2, -0.15) is 0 Å². The number of hydrogen-bond donors (Lipinski definition) is 4. The van der Waals surface area contributed by atoms with Crippen molar-refractivity contribution in [2.45, 2.75) is 82.9 Å². The van der Waals surface area contributed by atoms with E-state index in [1.54, 1.807) is 7.11 Å². The maximum absolute atomic E-state index is 6.10. The lowest BCUT2D eigenvalue weighted by Gasteiger charge is -2.20. The van der Waals surface area contributed by atoms with Crippen LogP contribution in [0.15, 0.2) is 0 Å². The van der Waals surface area contributed by atoms with Crippen LogP contribution >= 0.6 is 0 Å². The van der Waals surface area contributed by atoms with Crippen molar-refractivity contribution in [2.24, 2.45) is 17.2 Å². The van der Waals surface area contributed by atoms with Gasteiger partial charge in [0.1, 0.15) is 0 Å². The SMILES string of the molecule is COC(CCCN)CC(N)NCCCCCCCCCCN. The highest BCUT2D eigenvalue weighted by molar-refractivity contribution is 4.67. The topological polar surface area (TPSA) is 99.3 Å². The third-order valence-electron chi connectivity index (χ3n) is 4.12. The number of nitrogens with one attached hydrogen (secondary N) is 1. The molecule has 0 aliphatic carbocycles. The van der Waals surface area contributed by atoms with Crippen LogP contribution in [0.3, 0.4) is 0 Å². The molecule has 0 fully saturated rings. The van der Waals surface area contributed by atoms with Gasteiger partial charge < -0.3 is 27.3 Å². The fraction of sp³-hybridized carbons (Fsp3) is 1.00. The van der Waals surface area contributed by atoms with Gasteiger partial charge in [0.15, 0.2) is 0 Å². The standard InChI is InChI=1S/C17H40N4O/c1-22-16(11-10-13-19)15-17(20)21-14-9-7-5-3-2-4-6-8-12-18/h16-17,21H,2-15,18-20H2,1H3. The molecule has 0 aromatic carbocycles. The lowest BCUT2D eigenvalue weighted by atomic mass is 10.1. The number of rotatable bonds is 17. The van der Waals surface area contributed by atoms with Crippen LogP contribution in [0.25, 0.3) is 0 Å². The summed E-state index contributed by atoms with van der Waals surface area (Å²) in [6.07, 6.45) is 13.4. The Kier molecular flexibility index (Phi) is 17.0. The van der Waals surface area contributed by atoms with Gasteiger partial charge in [0, 0.05) is 13.5 Å². The second-order valence-corrected chi connectivity index (χ2v) is 6.20. The Morgan fingerprint density at radius 1 is 0.818 bits per heavy atom. The number of hydrogen-bond acceptors (Lipinski definition) is 5. The van der Waals surface area contributed by atoms with E-state index < -0.39 is 0 Å². The Balaban J connectivity index is 3.35. The Morgan fingerprint density at radius 2 is 1.36 bits per heavy atom. The second-order valence-electron chi connectivity index (χ2n) is 6.20. The lowest BCUT2D eigenvalue weighted by Crippen LogP contribution is -2.41. The van der Waals surface area contributed by atoms with Gasteiger partial charge in [-0.25, -0.2) is 0 Å². The van der Waals surface area contributed by atoms with E-state index in [1.165, 1.54) is 51.4 Å². The molecular formula is C17H40N4O. The molecule has 134 valence electrons. The quantitative estimate of drug-likeness (QED) is 0.243. The molecular weight excluding hydrogens is 276 g/mol. The van der Waals surface area contributed by atoms with Crippen LogP contribution in [-0.2, 0) is 4.74 Å². The molecule has 2 atom stereocenters.